The maximum atomic E-state index is 12.9. The first kappa shape index (κ1) is 17.4. The number of urea groups is 1. The largest absolute Gasteiger partial charge is 0.334 e. The molecule has 7 heteroatoms. The standard InChI is InChI=1S/C18H24FN5O/c1-2-17-20-7-8-23(17)12-9-22-10-13-24(14-11-22)18(25)21-16-5-3-15(19)4-6-16/h3-8H,2,9-14H2,1H3,(H,21,25). The first-order chi connectivity index (χ1) is 12.2. The van der Waals surface area contributed by atoms with Gasteiger partial charge in [-0.1, -0.05) is 6.92 Å². The fourth-order valence-corrected chi connectivity index (χ4v) is 3.02. The van der Waals surface area contributed by atoms with E-state index in [0.29, 0.717) is 18.8 Å². The van der Waals surface area contributed by atoms with Crippen LogP contribution in [0.2, 0.25) is 0 Å². The van der Waals surface area contributed by atoms with E-state index in [-0.39, 0.29) is 11.8 Å². The van der Waals surface area contributed by atoms with Gasteiger partial charge in [-0.15, -0.1) is 0 Å². The number of aromatic nitrogens is 2. The predicted octanol–water partition coefficient (Wildman–Crippen LogP) is 2.43. The Bertz CT molecular complexity index is 692. The van der Waals surface area contributed by atoms with Gasteiger partial charge in [0.2, 0.25) is 0 Å². The van der Waals surface area contributed by atoms with E-state index in [2.05, 4.69) is 26.7 Å². The minimum atomic E-state index is -0.310. The van der Waals surface area contributed by atoms with Gasteiger partial charge in [0, 0.05) is 63.8 Å². The number of rotatable bonds is 5. The number of carbonyl (C=O) groups is 1. The molecule has 1 aromatic carbocycles. The van der Waals surface area contributed by atoms with Gasteiger partial charge in [0.25, 0.3) is 0 Å². The monoisotopic (exact) mass is 345 g/mol. The molecule has 25 heavy (non-hydrogen) atoms. The van der Waals surface area contributed by atoms with Gasteiger partial charge in [-0.25, -0.2) is 14.2 Å². The third-order valence-electron chi connectivity index (χ3n) is 4.53. The van der Waals surface area contributed by atoms with Crippen LogP contribution in [0.5, 0.6) is 0 Å². The number of imidazole rings is 1. The minimum Gasteiger partial charge on any atom is -0.334 e. The number of anilines is 1. The molecular formula is C18H24FN5O. The lowest BCUT2D eigenvalue weighted by Crippen LogP contribution is -2.50. The Kier molecular flexibility index (Phi) is 5.65. The van der Waals surface area contributed by atoms with Crippen LogP contribution in [0.4, 0.5) is 14.9 Å². The predicted molar refractivity (Wildman–Crippen MR) is 95.0 cm³/mol. The number of nitrogens with zero attached hydrogens (tertiary/aromatic N) is 4. The van der Waals surface area contributed by atoms with Crippen molar-refractivity contribution in [2.24, 2.45) is 0 Å². The lowest BCUT2D eigenvalue weighted by Gasteiger charge is -2.34. The van der Waals surface area contributed by atoms with Crippen molar-refractivity contribution < 1.29 is 9.18 Å². The van der Waals surface area contributed by atoms with Crippen LogP contribution in [0.1, 0.15) is 12.7 Å². The summed E-state index contributed by atoms with van der Waals surface area (Å²) in [4.78, 5) is 20.8. The van der Waals surface area contributed by atoms with E-state index >= 15 is 0 Å². The molecule has 0 spiro atoms. The van der Waals surface area contributed by atoms with Gasteiger partial charge < -0.3 is 14.8 Å². The van der Waals surface area contributed by atoms with Crippen LogP contribution >= 0.6 is 0 Å². The molecule has 1 saturated heterocycles. The van der Waals surface area contributed by atoms with Crippen molar-refractivity contribution in [2.75, 3.05) is 38.0 Å². The Morgan fingerprint density at radius 2 is 1.88 bits per heavy atom. The van der Waals surface area contributed by atoms with Gasteiger partial charge >= 0.3 is 6.03 Å². The summed E-state index contributed by atoms with van der Waals surface area (Å²) in [5, 5.41) is 2.81. The molecule has 0 radical (unpaired) electrons. The molecule has 0 saturated carbocycles. The first-order valence-electron chi connectivity index (χ1n) is 8.69. The van der Waals surface area contributed by atoms with E-state index in [1.54, 1.807) is 17.0 Å². The highest BCUT2D eigenvalue weighted by molar-refractivity contribution is 5.89. The quantitative estimate of drug-likeness (QED) is 0.906. The summed E-state index contributed by atoms with van der Waals surface area (Å²) in [5.74, 6) is 0.799. The third-order valence-corrected chi connectivity index (χ3v) is 4.53. The molecule has 3 rings (SSSR count). The molecule has 1 fully saturated rings. The zero-order chi connectivity index (χ0) is 17.6. The smallest absolute Gasteiger partial charge is 0.321 e. The van der Waals surface area contributed by atoms with E-state index in [1.165, 1.54) is 12.1 Å². The van der Waals surface area contributed by atoms with Crippen LogP contribution in [0.25, 0.3) is 0 Å². The zero-order valence-electron chi connectivity index (χ0n) is 14.5. The lowest BCUT2D eigenvalue weighted by atomic mass is 10.3. The van der Waals surface area contributed by atoms with Gasteiger partial charge in [0.05, 0.1) is 0 Å². The van der Waals surface area contributed by atoms with Gasteiger partial charge in [0.1, 0.15) is 11.6 Å². The molecular weight excluding hydrogens is 321 g/mol. The fourth-order valence-electron chi connectivity index (χ4n) is 3.02. The van der Waals surface area contributed by atoms with Crippen molar-refractivity contribution in [3.8, 4) is 0 Å². The van der Waals surface area contributed by atoms with Crippen molar-refractivity contribution in [2.45, 2.75) is 19.9 Å². The molecule has 0 bridgehead atoms. The average Bonchev–Trinajstić information content (AvgIpc) is 3.10. The maximum Gasteiger partial charge on any atom is 0.321 e. The van der Waals surface area contributed by atoms with Crippen molar-refractivity contribution in [1.82, 2.24) is 19.4 Å². The van der Waals surface area contributed by atoms with E-state index in [4.69, 9.17) is 0 Å². The van der Waals surface area contributed by atoms with Gasteiger partial charge in [-0.3, -0.25) is 4.90 Å². The zero-order valence-corrected chi connectivity index (χ0v) is 14.5. The lowest BCUT2D eigenvalue weighted by molar-refractivity contribution is 0.144. The Morgan fingerprint density at radius 1 is 1.16 bits per heavy atom. The topological polar surface area (TPSA) is 53.4 Å². The van der Waals surface area contributed by atoms with E-state index in [0.717, 1.165) is 38.4 Å². The summed E-state index contributed by atoms with van der Waals surface area (Å²) in [5.41, 5.74) is 0.612. The summed E-state index contributed by atoms with van der Waals surface area (Å²) in [7, 11) is 0. The van der Waals surface area contributed by atoms with Crippen LogP contribution in [0, 0.1) is 5.82 Å². The number of piperazine rings is 1. The SMILES string of the molecule is CCc1nccn1CCN1CCN(C(=O)Nc2ccc(F)cc2)CC1. The normalized spacial score (nSPS) is 15.4. The van der Waals surface area contributed by atoms with Crippen LogP contribution in [0.15, 0.2) is 36.7 Å². The average molecular weight is 345 g/mol. The minimum absolute atomic E-state index is 0.130. The highest BCUT2D eigenvalue weighted by Crippen LogP contribution is 2.11. The summed E-state index contributed by atoms with van der Waals surface area (Å²) < 4.78 is 15.1. The Morgan fingerprint density at radius 3 is 2.56 bits per heavy atom. The molecule has 0 aliphatic carbocycles. The van der Waals surface area contributed by atoms with Crippen molar-refractivity contribution >= 4 is 11.7 Å². The van der Waals surface area contributed by atoms with Crippen LogP contribution in [-0.2, 0) is 13.0 Å². The van der Waals surface area contributed by atoms with E-state index in [9.17, 15) is 9.18 Å². The number of hydrogen-bond acceptors (Lipinski definition) is 3. The second-order valence-corrected chi connectivity index (χ2v) is 6.16. The van der Waals surface area contributed by atoms with E-state index in [1.807, 2.05) is 12.4 Å². The molecule has 2 amide bonds. The number of amides is 2. The molecule has 2 heterocycles. The number of aryl methyl sites for hydroxylation is 1. The molecule has 0 atom stereocenters. The van der Waals surface area contributed by atoms with Crippen LogP contribution in [-0.4, -0.2) is 58.1 Å². The second kappa shape index (κ2) is 8.11. The molecule has 1 aliphatic heterocycles. The summed E-state index contributed by atoms with van der Waals surface area (Å²) in [6.45, 7) is 7.08. The van der Waals surface area contributed by atoms with Gasteiger partial charge in [-0.05, 0) is 24.3 Å². The Labute approximate surface area is 147 Å². The molecule has 1 N–H and O–H groups in total. The van der Waals surface area contributed by atoms with Crippen molar-refractivity contribution in [3.05, 3.63) is 48.3 Å². The Balaban J connectivity index is 1.43. The Hall–Kier alpha value is -2.41. The number of benzene rings is 1. The summed E-state index contributed by atoms with van der Waals surface area (Å²) >= 11 is 0. The van der Waals surface area contributed by atoms with Gasteiger partial charge in [0.15, 0.2) is 0 Å². The summed E-state index contributed by atoms with van der Waals surface area (Å²) in [6.07, 6.45) is 4.80. The third kappa shape index (κ3) is 4.57. The van der Waals surface area contributed by atoms with Crippen molar-refractivity contribution in [3.63, 3.8) is 0 Å². The van der Waals surface area contributed by atoms with E-state index < -0.39 is 0 Å². The molecule has 2 aromatic rings. The van der Waals surface area contributed by atoms with Gasteiger partial charge in [-0.2, -0.15) is 0 Å². The molecule has 1 aliphatic rings. The first-order valence-corrected chi connectivity index (χ1v) is 8.69. The summed E-state index contributed by atoms with van der Waals surface area (Å²) in [6, 6.07) is 5.69. The van der Waals surface area contributed by atoms with Crippen LogP contribution in [0.3, 0.4) is 0 Å². The van der Waals surface area contributed by atoms with Crippen LogP contribution < -0.4 is 5.32 Å². The molecule has 6 nitrogen and oxygen atoms in total. The number of halogens is 1. The highest BCUT2D eigenvalue weighted by Gasteiger charge is 2.21. The maximum absolute atomic E-state index is 12.9. The molecule has 134 valence electrons. The fraction of sp³-hybridized carbons (Fsp3) is 0.444. The number of carbonyl (C=O) groups excluding carboxylic acids is 1. The highest BCUT2D eigenvalue weighted by atomic mass is 19.1. The molecule has 1 aromatic heterocycles. The molecule has 0 unspecified atom stereocenters. The number of hydrogen-bond donors (Lipinski definition) is 1. The van der Waals surface area contributed by atoms with Crippen molar-refractivity contribution in [1.29, 1.82) is 0 Å². The second-order valence-electron chi connectivity index (χ2n) is 6.16. The number of nitrogens with one attached hydrogen (secondary N) is 1.